The molecule has 0 atom stereocenters. The minimum absolute atomic E-state index is 0.188. The summed E-state index contributed by atoms with van der Waals surface area (Å²) in [6, 6.07) is 6.56. The van der Waals surface area contributed by atoms with Gasteiger partial charge in [-0.05, 0) is 23.8 Å². The molecule has 24 heavy (non-hydrogen) atoms. The molecule has 0 unspecified atom stereocenters. The van der Waals surface area contributed by atoms with Crippen molar-refractivity contribution >= 4 is 5.91 Å². The van der Waals surface area contributed by atoms with Crippen molar-refractivity contribution in [3.8, 4) is 11.3 Å². The normalized spacial score (nSPS) is 10.6. The molecular weight excluding hydrogens is 308 g/mol. The number of aryl methyl sites for hydroxylation is 2. The van der Waals surface area contributed by atoms with Crippen molar-refractivity contribution in [3.05, 3.63) is 64.5 Å². The van der Waals surface area contributed by atoms with Gasteiger partial charge in [-0.1, -0.05) is 0 Å². The first-order chi connectivity index (χ1) is 11.5. The van der Waals surface area contributed by atoms with Gasteiger partial charge in [-0.25, -0.2) is 4.68 Å². The Kier molecular flexibility index (Phi) is 4.19. The average Bonchev–Trinajstić information content (AvgIpc) is 3.01. The molecule has 0 saturated heterocycles. The molecule has 0 radical (unpaired) electrons. The third-order valence-electron chi connectivity index (χ3n) is 3.56. The molecule has 3 heterocycles. The van der Waals surface area contributed by atoms with Crippen molar-refractivity contribution in [3.63, 3.8) is 0 Å². The first-order valence-corrected chi connectivity index (χ1v) is 7.29. The van der Waals surface area contributed by atoms with Crippen LogP contribution in [0.5, 0.6) is 0 Å². The lowest BCUT2D eigenvalue weighted by atomic mass is 10.1. The molecule has 0 aromatic carbocycles. The van der Waals surface area contributed by atoms with Crippen LogP contribution < -0.4 is 10.9 Å². The summed E-state index contributed by atoms with van der Waals surface area (Å²) in [5.41, 5.74) is 2.64. The lowest BCUT2D eigenvalue weighted by Gasteiger charge is -2.07. The molecule has 8 heteroatoms. The van der Waals surface area contributed by atoms with Gasteiger partial charge in [0.2, 0.25) is 0 Å². The second-order valence-corrected chi connectivity index (χ2v) is 5.29. The van der Waals surface area contributed by atoms with Gasteiger partial charge in [0.05, 0.1) is 5.69 Å². The zero-order chi connectivity index (χ0) is 17.1. The second-order valence-electron chi connectivity index (χ2n) is 5.29. The summed E-state index contributed by atoms with van der Waals surface area (Å²) in [6.45, 7) is 0.308. The maximum absolute atomic E-state index is 12.1. The molecule has 0 spiro atoms. The Morgan fingerprint density at radius 1 is 1.17 bits per heavy atom. The van der Waals surface area contributed by atoms with E-state index in [9.17, 15) is 9.59 Å². The number of hydrogen-bond donors (Lipinski definition) is 1. The van der Waals surface area contributed by atoms with E-state index in [0.717, 1.165) is 21.5 Å². The zero-order valence-electron chi connectivity index (χ0n) is 13.3. The highest BCUT2D eigenvalue weighted by Gasteiger charge is 2.09. The topological polar surface area (TPSA) is 94.7 Å². The monoisotopic (exact) mass is 324 g/mol. The number of nitrogens with one attached hydrogen (secondary N) is 1. The Labute approximate surface area is 137 Å². The molecule has 0 aliphatic rings. The fourth-order valence-corrected chi connectivity index (χ4v) is 2.28. The lowest BCUT2D eigenvalue weighted by Crippen LogP contribution is -2.28. The third-order valence-corrected chi connectivity index (χ3v) is 3.56. The quantitative estimate of drug-likeness (QED) is 0.754. The van der Waals surface area contributed by atoms with Gasteiger partial charge in [0, 0.05) is 50.9 Å². The molecule has 0 fully saturated rings. The van der Waals surface area contributed by atoms with E-state index >= 15 is 0 Å². The van der Waals surface area contributed by atoms with Crippen LogP contribution in [0.2, 0.25) is 0 Å². The minimum Gasteiger partial charge on any atom is -0.347 e. The summed E-state index contributed by atoms with van der Waals surface area (Å²) in [4.78, 5) is 27.6. The second kappa shape index (κ2) is 6.45. The van der Waals surface area contributed by atoms with Crippen molar-refractivity contribution in [1.29, 1.82) is 0 Å². The molecule has 3 aromatic rings. The van der Waals surface area contributed by atoms with Crippen LogP contribution >= 0.6 is 0 Å². The number of aromatic nitrogens is 5. The Balaban J connectivity index is 1.73. The molecule has 8 nitrogen and oxygen atoms in total. The Bertz CT molecular complexity index is 943. The number of amides is 1. The fourth-order valence-electron chi connectivity index (χ4n) is 2.28. The number of rotatable bonds is 4. The molecule has 122 valence electrons. The molecule has 0 saturated carbocycles. The molecule has 3 aromatic heterocycles. The van der Waals surface area contributed by atoms with Gasteiger partial charge in [-0.15, -0.1) is 0 Å². The highest BCUT2D eigenvalue weighted by molar-refractivity contribution is 5.91. The van der Waals surface area contributed by atoms with E-state index < -0.39 is 0 Å². The Hall–Kier alpha value is -3.29. The number of carbonyl (C=O) groups excluding carboxylic acids is 1. The van der Waals surface area contributed by atoms with Crippen molar-refractivity contribution in [2.75, 3.05) is 0 Å². The van der Waals surface area contributed by atoms with E-state index in [-0.39, 0.29) is 17.2 Å². The predicted octanol–water partition coefficient (Wildman–Crippen LogP) is 0.506. The third kappa shape index (κ3) is 3.22. The summed E-state index contributed by atoms with van der Waals surface area (Å²) in [6.07, 6.45) is 5.15. The standard InChI is InChI=1S/C16H16N6O2/c1-21-14(5-6-19-21)12-7-11(8-17-10-12)9-18-16(24)13-3-4-15(23)22(2)20-13/h3-8,10H,9H2,1-2H3,(H,18,24). The SMILES string of the molecule is Cn1nccc1-c1cncc(CNC(=O)c2ccc(=O)n(C)n2)c1. The van der Waals surface area contributed by atoms with Gasteiger partial charge in [-0.3, -0.25) is 19.3 Å². The maximum atomic E-state index is 12.1. The zero-order valence-corrected chi connectivity index (χ0v) is 13.3. The first-order valence-electron chi connectivity index (χ1n) is 7.29. The van der Waals surface area contributed by atoms with Crippen molar-refractivity contribution in [2.24, 2.45) is 14.1 Å². The molecule has 1 N–H and O–H groups in total. The molecule has 0 bridgehead atoms. The van der Waals surface area contributed by atoms with Gasteiger partial charge >= 0.3 is 0 Å². The molecule has 0 aliphatic heterocycles. The van der Waals surface area contributed by atoms with Crippen LogP contribution in [-0.2, 0) is 20.6 Å². The van der Waals surface area contributed by atoms with Crippen molar-refractivity contribution in [1.82, 2.24) is 29.9 Å². The average molecular weight is 324 g/mol. The highest BCUT2D eigenvalue weighted by atomic mass is 16.2. The van der Waals surface area contributed by atoms with Gasteiger partial charge < -0.3 is 5.32 Å². The lowest BCUT2D eigenvalue weighted by molar-refractivity contribution is 0.0943. The first kappa shape index (κ1) is 15.6. The van der Waals surface area contributed by atoms with Gasteiger partial charge in [0.1, 0.15) is 5.69 Å². The molecule has 3 rings (SSSR count). The van der Waals surface area contributed by atoms with Crippen molar-refractivity contribution in [2.45, 2.75) is 6.54 Å². The van der Waals surface area contributed by atoms with Gasteiger partial charge in [0.25, 0.3) is 11.5 Å². The van der Waals surface area contributed by atoms with E-state index in [4.69, 9.17) is 0 Å². The van der Waals surface area contributed by atoms with E-state index in [0.29, 0.717) is 6.54 Å². The highest BCUT2D eigenvalue weighted by Crippen LogP contribution is 2.18. The maximum Gasteiger partial charge on any atom is 0.271 e. The summed E-state index contributed by atoms with van der Waals surface area (Å²) in [7, 11) is 3.36. The molecular formula is C16H16N6O2. The van der Waals surface area contributed by atoms with Crippen LogP contribution in [-0.4, -0.2) is 30.5 Å². The Morgan fingerprint density at radius 2 is 2.00 bits per heavy atom. The summed E-state index contributed by atoms with van der Waals surface area (Å²) >= 11 is 0. The van der Waals surface area contributed by atoms with Gasteiger partial charge in [-0.2, -0.15) is 10.2 Å². The van der Waals surface area contributed by atoms with Crippen LogP contribution in [0.3, 0.4) is 0 Å². The summed E-state index contributed by atoms with van der Waals surface area (Å²) in [5, 5.41) is 10.8. The predicted molar refractivity (Wildman–Crippen MR) is 87.1 cm³/mol. The number of nitrogens with zero attached hydrogens (tertiary/aromatic N) is 5. The van der Waals surface area contributed by atoms with Crippen LogP contribution in [0.15, 0.2) is 47.7 Å². The van der Waals surface area contributed by atoms with Crippen LogP contribution in [0.1, 0.15) is 16.1 Å². The van der Waals surface area contributed by atoms with Crippen LogP contribution in [0, 0.1) is 0 Å². The molecule has 0 aliphatic carbocycles. The smallest absolute Gasteiger partial charge is 0.271 e. The van der Waals surface area contributed by atoms with E-state index in [1.165, 1.54) is 19.2 Å². The van der Waals surface area contributed by atoms with E-state index in [1.807, 2.05) is 19.2 Å². The molecule has 1 amide bonds. The Morgan fingerprint density at radius 3 is 2.71 bits per heavy atom. The van der Waals surface area contributed by atoms with Crippen LogP contribution in [0.4, 0.5) is 0 Å². The minimum atomic E-state index is -0.350. The van der Waals surface area contributed by atoms with Gasteiger partial charge in [0.15, 0.2) is 0 Å². The number of carbonyl (C=O) groups is 1. The van der Waals surface area contributed by atoms with E-state index in [1.54, 1.807) is 23.3 Å². The number of pyridine rings is 1. The summed E-state index contributed by atoms with van der Waals surface area (Å²) in [5.74, 6) is -0.350. The number of hydrogen-bond acceptors (Lipinski definition) is 5. The van der Waals surface area contributed by atoms with E-state index in [2.05, 4.69) is 20.5 Å². The summed E-state index contributed by atoms with van der Waals surface area (Å²) < 4.78 is 2.88. The largest absolute Gasteiger partial charge is 0.347 e. The van der Waals surface area contributed by atoms with Crippen LogP contribution in [0.25, 0.3) is 11.3 Å². The van der Waals surface area contributed by atoms with Crippen molar-refractivity contribution < 1.29 is 4.79 Å². The fraction of sp³-hybridized carbons (Fsp3) is 0.188.